The first-order valence-corrected chi connectivity index (χ1v) is 8.25. The van der Waals surface area contributed by atoms with Crippen LogP contribution in [-0.2, 0) is 5.41 Å². The van der Waals surface area contributed by atoms with Gasteiger partial charge in [-0.3, -0.25) is 0 Å². The maximum absolute atomic E-state index is 3.84. The zero-order valence-corrected chi connectivity index (χ0v) is 15.4. The molecule has 1 aromatic carbocycles. The minimum Gasteiger partial charge on any atom is -0.309 e. The third kappa shape index (κ3) is 6.65. The van der Waals surface area contributed by atoms with Crippen LogP contribution in [0.25, 0.3) is 0 Å². The highest BCUT2D eigenvalue weighted by Gasteiger charge is 2.29. The van der Waals surface area contributed by atoms with Crippen LogP contribution in [0, 0.1) is 5.41 Å². The molecule has 21 heavy (non-hydrogen) atoms. The van der Waals surface area contributed by atoms with Gasteiger partial charge in [0.2, 0.25) is 0 Å². The highest BCUT2D eigenvalue weighted by Crippen LogP contribution is 2.31. The highest BCUT2D eigenvalue weighted by molar-refractivity contribution is 5.23. The van der Waals surface area contributed by atoms with E-state index < -0.39 is 0 Å². The molecule has 0 fully saturated rings. The van der Waals surface area contributed by atoms with E-state index >= 15 is 0 Å². The number of benzene rings is 1. The van der Waals surface area contributed by atoms with Crippen LogP contribution in [0.1, 0.15) is 73.8 Å². The highest BCUT2D eigenvalue weighted by atomic mass is 15.0. The van der Waals surface area contributed by atoms with Gasteiger partial charge in [0.25, 0.3) is 0 Å². The summed E-state index contributed by atoms with van der Waals surface area (Å²) >= 11 is 0. The van der Waals surface area contributed by atoms with Crippen molar-refractivity contribution in [1.29, 1.82) is 0 Å². The predicted molar refractivity (Wildman–Crippen MR) is 94.8 cm³/mol. The van der Waals surface area contributed by atoms with E-state index in [0.29, 0.717) is 11.5 Å². The summed E-state index contributed by atoms with van der Waals surface area (Å²) in [6.45, 7) is 18.6. The van der Waals surface area contributed by atoms with Crippen molar-refractivity contribution in [3.8, 4) is 0 Å². The van der Waals surface area contributed by atoms with Crippen molar-refractivity contribution in [3.63, 3.8) is 0 Å². The van der Waals surface area contributed by atoms with Crippen LogP contribution in [0.2, 0.25) is 0 Å². The largest absolute Gasteiger partial charge is 0.309 e. The van der Waals surface area contributed by atoms with Gasteiger partial charge in [-0.1, -0.05) is 65.0 Å². The molecule has 1 unspecified atom stereocenters. The fourth-order valence-corrected chi connectivity index (χ4v) is 3.87. The summed E-state index contributed by atoms with van der Waals surface area (Å²) < 4.78 is 0. The van der Waals surface area contributed by atoms with Gasteiger partial charge < -0.3 is 5.32 Å². The molecule has 1 N–H and O–H groups in total. The molecule has 0 spiro atoms. The number of nitrogens with one attached hydrogen (secondary N) is 1. The molecule has 0 aliphatic rings. The molecule has 1 atom stereocenters. The van der Waals surface area contributed by atoms with Crippen molar-refractivity contribution < 1.29 is 0 Å². The second-order valence-corrected chi connectivity index (χ2v) is 9.12. The van der Waals surface area contributed by atoms with Crippen LogP contribution in [0.3, 0.4) is 0 Å². The van der Waals surface area contributed by atoms with E-state index in [4.69, 9.17) is 0 Å². The fourth-order valence-electron chi connectivity index (χ4n) is 3.87. The molecule has 0 aromatic heterocycles. The topological polar surface area (TPSA) is 12.0 Å². The molecule has 1 heteroatoms. The van der Waals surface area contributed by atoms with Crippen LogP contribution >= 0.6 is 0 Å². The molecule has 1 nitrogen and oxygen atoms in total. The zero-order chi connectivity index (χ0) is 16.3. The lowest BCUT2D eigenvalue weighted by molar-refractivity contribution is 0.214. The average Bonchev–Trinajstić information content (AvgIpc) is 2.24. The molecule has 0 heterocycles. The zero-order valence-electron chi connectivity index (χ0n) is 15.4. The standard InChI is InChI=1S/C20H35N/c1-16(21-20(7,8)15-18(2,3)4)14-19(5,6)17-12-10-9-11-13-17/h9-13,16,21H,14-15H2,1-8H3. The van der Waals surface area contributed by atoms with Gasteiger partial charge in [0, 0.05) is 11.6 Å². The van der Waals surface area contributed by atoms with Crippen LogP contribution in [0.4, 0.5) is 0 Å². The van der Waals surface area contributed by atoms with E-state index in [1.165, 1.54) is 12.0 Å². The van der Waals surface area contributed by atoms with E-state index in [-0.39, 0.29) is 11.0 Å². The molecule has 0 saturated carbocycles. The molecule has 0 radical (unpaired) electrons. The molecular weight excluding hydrogens is 254 g/mol. The molecule has 120 valence electrons. The van der Waals surface area contributed by atoms with Crippen molar-refractivity contribution in [1.82, 2.24) is 5.32 Å². The quantitative estimate of drug-likeness (QED) is 0.724. The Morgan fingerprint density at radius 2 is 1.43 bits per heavy atom. The summed E-state index contributed by atoms with van der Waals surface area (Å²) in [5, 5.41) is 3.84. The van der Waals surface area contributed by atoms with E-state index in [0.717, 1.165) is 6.42 Å². The summed E-state index contributed by atoms with van der Waals surface area (Å²) in [6.07, 6.45) is 2.32. The maximum Gasteiger partial charge on any atom is 0.0132 e. The van der Waals surface area contributed by atoms with E-state index in [2.05, 4.69) is 91.0 Å². The first-order chi connectivity index (χ1) is 9.41. The van der Waals surface area contributed by atoms with Gasteiger partial charge in [0.05, 0.1) is 0 Å². The predicted octanol–water partition coefficient (Wildman–Crippen LogP) is 5.55. The number of hydrogen-bond donors (Lipinski definition) is 1. The summed E-state index contributed by atoms with van der Waals surface area (Å²) in [4.78, 5) is 0. The van der Waals surface area contributed by atoms with Crippen LogP contribution in [0.15, 0.2) is 30.3 Å². The minimum absolute atomic E-state index is 0.171. The van der Waals surface area contributed by atoms with Gasteiger partial charge in [0.15, 0.2) is 0 Å². The third-order valence-corrected chi connectivity index (χ3v) is 3.98. The van der Waals surface area contributed by atoms with E-state index in [1.54, 1.807) is 0 Å². The second-order valence-electron chi connectivity index (χ2n) is 9.12. The molecule has 0 amide bonds. The Kier molecular flexibility index (Phi) is 5.66. The molecule has 0 aliphatic carbocycles. The third-order valence-electron chi connectivity index (χ3n) is 3.98. The number of hydrogen-bond acceptors (Lipinski definition) is 1. The van der Waals surface area contributed by atoms with Gasteiger partial charge in [-0.2, -0.15) is 0 Å². The number of rotatable bonds is 6. The smallest absolute Gasteiger partial charge is 0.0132 e. The van der Waals surface area contributed by atoms with Gasteiger partial charge in [-0.05, 0) is 50.0 Å². The van der Waals surface area contributed by atoms with Gasteiger partial charge in [-0.15, -0.1) is 0 Å². The summed E-state index contributed by atoms with van der Waals surface area (Å²) in [5.41, 5.74) is 2.15. The van der Waals surface area contributed by atoms with Crippen molar-refractivity contribution in [3.05, 3.63) is 35.9 Å². The van der Waals surface area contributed by atoms with Crippen molar-refractivity contribution in [2.75, 3.05) is 0 Å². The summed E-state index contributed by atoms with van der Waals surface area (Å²) in [7, 11) is 0. The minimum atomic E-state index is 0.171. The summed E-state index contributed by atoms with van der Waals surface area (Å²) in [6, 6.07) is 11.4. The van der Waals surface area contributed by atoms with Gasteiger partial charge in [-0.25, -0.2) is 0 Å². The lowest BCUT2D eigenvalue weighted by atomic mass is 9.78. The molecule has 0 bridgehead atoms. The van der Waals surface area contributed by atoms with Crippen molar-refractivity contribution >= 4 is 0 Å². The Morgan fingerprint density at radius 3 is 1.90 bits per heavy atom. The van der Waals surface area contributed by atoms with Crippen LogP contribution < -0.4 is 5.32 Å². The Morgan fingerprint density at radius 1 is 0.905 bits per heavy atom. The Balaban J connectivity index is 2.66. The Labute approximate surface area is 132 Å². The normalized spacial score (nSPS) is 15.0. The molecule has 1 rings (SSSR count). The van der Waals surface area contributed by atoms with Crippen LogP contribution in [0.5, 0.6) is 0 Å². The molecule has 0 saturated heterocycles. The molecular formula is C20H35N. The average molecular weight is 290 g/mol. The van der Waals surface area contributed by atoms with Crippen molar-refractivity contribution in [2.24, 2.45) is 5.41 Å². The van der Waals surface area contributed by atoms with Gasteiger partial charge >= 0.3 is 0 Å². The first kappa shape index (κ1) is 18.2. The molecule has 0 aliphatic heterocycles. The van der Waals surface area contributed by atoms with E-state index in [9.17, 15) is 0 Å². The SMILES string of the molecule is CC(CC(C)(C)c1ccccc1)NC(C)(C)CC(C)(C)C. The lowest BCUT2D eigenvalue weighted by Crippen LogP contribution is -2.48. The monoisotopic (exact) mass is 289 g/mol. The fraction of sp³-hybridized carbons (Fsp3) is 0.700. The maximum atomic E-state index is 3.84. The molecule has 1 aromatic rings. The second kappa shape index (κ2) is 6.52. The van der Waals surface area contributed by atoms with Crippen LogP contribution in [-0.4, -0.2) is 11.6 Å². The Bertz CT molecular complexity index is 423. The van der Waals surface area contributed by atoms with E-state index in [1.807, 2.05) is 0 Å². The Hall–Kier alpha value is -0.820. The van der Waals surface area contributed by atoms with Gasteiger partial charge in [0.1, 0.15) is 0 Å². The summed E-state index contributed by atoms with van der Waals surface area (Å²) in [5.74, 6) is 0. The van der Waals surface area contributed by atoms with Crippen molar-refractivity contribution in [2.45, 2.75) is 85.2 Å². The first-order valence-electron chi connectivity index (χ1n) is 8.25. The lowest BCUT2D eigenvalue weighted by Gasteiger charge is -2.38.